The van der Waals surface area contributed by atoms with Gasteiger partial charge in [0.15, 0.2) is 0 Å². The molecule has 0 aliphatic carbocycles. The van der Waals surface area contributed by atoms with Gasteiger partial charge in [0, 0.05) is 36.7 Å². The zero-order chi connectivity index (χ0) is 18.0. The second kappa shape index (κ2) is 7.29. The van der Waals surface area contributed by atoms with Gasteiger partial charge in [-0.2, -0.15) is 4.31 Å². The number of nitrogens with one attached hydrogen (secondary N) is 1. The summed E-state index contributed by atoms with van der Waals surface area (Å²) in [5.74, 6) is 0. The van der Waals surface area contributed by atoms with E-state index < -0.39 is 10.0 Å². The zero-order valence-electron chi connectivity index (χ0n) is 14.3. The van der Waals surface area contributed by atoms with Crippen LogP contribution in [0.4, 0.5) is 4.79 Å². The number of amides is 2. The Labute approximate surface area is 148 Å². The zero-order valence-corrected chi connectivity index (χ0v) is 15.8. The molecule has 0 bridgehead atoms. The van der Waals surface area contributed by atoms with E-state index in [1.54, 1.807) is 17.0 Å². The predicted octanol–water partition coefficient (Wildman–Crippen LogP) is 2.54. The van der Waals surface area contributed by atoms with Crippen molar-refractivity contribution in [2.75, 3.05) is 26.2 Å². The van der Waals surface area contributed by atoms with Crippen LogP contribution in [0.25, 0.3) is 0 Å². The smallest absolute Gasteiger partial charge is 0.317 e. The molecule has 1 aromatic carbocycles. The number of hydrogen-bond donors (Lipinski definition) is 1. The van der Waals surface area contributed by atoms with Crippen LogP contribution in [0.3, 0.4) is 0 Å². The standard InChI is InChI=1S/C16H24ClN3O3S/c1-16(2,3)18-15(21)19-9-4-10-20(12-11-19)24(22,23)14-7-5-13(17)6-8-14/h5-8H,4,9-12H2,1-3H3,(H,18,21). The molecule has 1 saturated heterocycles. The Kier molecular flexibility index (Phi) is 5.78. The summed E-state index contributed by atoms with van der Waals surface area (Å²) in [5, 5.41) is 3.41. The summed E-state index contributed by atoms with van der Waals surface area (Å²) in [4.78, 5) is 14.2. The third kappa shape index (κ3) is 4.84. The third-order valence-corrected chi connectivity index (χ3v) is 5.84. The van der Waals surface area contributed by atoms with E-state index in [4.69, 9.17) is 11.6 Å². The van der Waals surface area contributed by atoms with E-state index in [1.807, 2.05) is 20.8 Å². The fourth-order valence-corrected chi connectivity index (χ4v) is 4.09. The van der Waals surface area contributed by atoms with Crippen molar-refractivity contribution in [1.82, 2.24) is 14.5 Å². The van der Waals surface area contributed by atoms with Gasteiger partial charge in [-0.1, -0.05) is 11.6 Å². The fraction of sp³-hybridized carbons (Fsp3) is 0.562. The van der Waals surface area contributed by atoms with Gasteiger partial charge in [-0.05, 0) is 51.5 Å². The summed E-state index contributed by atoms with van der Waals surface area (Å²) < 4.78 is 26.9. The first-order valence-electron chi connectivity index (χ1n) is 7.92. The van der Waals surface area contributed by atoms with Crippen molar-refractivity contribution in [2.24, 2.45) is 0 Å². The summed E-state index contributed by atoms with van der Waals surface area (Å²) in [6, 6.07) is 5.98. The summed E-state index contributed by atoms with van der Waals surface area (Å²) in [6.45, 7) is 7.33. The van der Waals surface area contributed by atoms with Crippen molar-refractivity contribution in [3.05, 3.63) is 29.3 Å². The van der Waals surface area contributed by atoms with Crippen molar-refractivity contribution < 1.29 is 13.2 Å². The second-order valence-corrected chi connectivity index (χ2v) is 9.25. The summed E-state index contributed by atoms with van der Waals surface area (Å²) in [5.41, 5.74) is -0.321. The maximum absolute atomic E-state index is 12.7. The van der Waals surface area contributed by atoms with Crippen LogP contribution in [-0.4, -0.2) is 55.4 Å². The first-order chi connectivity index (χ1) is 11.1. The van der Waals surface area contributed by atoms with Gasteiger partial charge in [-0.15, -0.1) is 0 Å². The van der Waals surface area contributed by atoms with E-state index in [1.165, 1.54) is 16.4 Å². The largest absolute Gasteiger partial charge is 0.333 e. The SMILES string of the molecule is CC(C)(C)NC(=O)N1CCCN(S(=O)(=O)c2ccc(Cl)cc2)CC1. The van der Waals surface area contributed by atoms with Crippen LogP contribution in [-0.2, 0) is 10.0 Å². The van der Waals surface area contributed by atoms with Crippen LogP contribution >= 0.6 is 11.6 Å². The van der Waals surface area contributed by atoms with E-state index in [0.717, 1.165) is 0 Å². The van der Waals surface area contributed by atoms with Gasteiger partial charge in [0.1, 0.15) is 0 Å². The Hall–Kier alpha value is -1.31. The first kappa shape index (κ1) is 19.0. The molecule has 0 spiro atoms. The third-order valence-electron chi connectivity index (χ3n) is 3.68. The molecule has 2 amide bonds. The van der Waals surface area contributed by atoms with Crippen molar-refractivity contribution >= 4 is 27.7 Å². The predicted molar refractivity (Wildman–Crippen MR) is 94.7 cm³/mol. The average molecular weight is 374 g/mol. The van der Waals surface area contributed by atoms with Gasteiger partial charge in [-0.3, -0.25) is 0 Å². The minimum Gasteiger partial charge on any atom is -0.333 e. The normalized spacial score (nSPS) is 17.4. The topological polar surface area (TPSA) is 69.7 Å². The number of urea groups is 1. The van der Waals surface area contributed by atoms with Gasteiger partial charge < -0.3 is 10.2 Å². The quantitative estimate of drug-likeness (QED) is 0.866. The van der Waals surface area contributed by atoms with Crippen molar-refractivity contribution in [3.8, 4) is 0 Å². The van der Waals surface area contributed by atoms with Crippen LogP contribution in [0, 0.1) is 0 Å². The van der Waals surface area contributed by atoms with Gasteiger partial charge in [0.25, 0.3) is 0 Å². The van der Waals surface area contributed by atoms with Crippen LogP contribution in [0.2, 0.25) is 5.02 Å². The minimum absolute atomic E-state index is 0.159. The van der Waals surface area contributed by atoms with Crippen molar-refractivity contribution in [3.63, 3.8) is 0 Å². The molecule has 0 aromatic heterocycles. The van der Waals surface area contributed by atoms with Gasteiger partial charge >= 0.3 is 6.03 Å². The number of hydrogen-bond acceptors (Lipinski definition) is 3. The van der Waals surface area contributed by atoms with Gasteiger partial charge in [0.2, 0.25) is 10.0 Å². The van der Waals surface area contributed by atoms with E-state index in [9.17, 15) is 13.2 Å². The Morgan fingerprint density at radius 1 is 1.08 bits per heavy atom. The maximum Gasteiger partial charge on any atom is 0.317 e. The Morgan fingerprint density at radius 3 is 2.29 bits per heavy atom. The highest BCUT2D eigenvalue weighted by atomic mass is 35.5. The minimum atomic E-state index is -3.57. The number of halogens is 1. The molecule has 1 heterocycles. The molecule has 24 heavy (non-hydrogen) atoms. The van der Waals surface area contributed by atoms with Crippen LogP contribution in [0.1, 0.15) is 27.2 Å². The number of nitrogens with zero attached hydrogens (tertiary/aromatic N) is 2. The van der Waals surface area contributed by atoms with E-state index in [0.29, 0.717) is 31.1 Å². The molecule has 1 aromatic rings. The molecule has 8 heteroatoms. The maximum atomic E-state index is 12.7. The summed E-state index contributed by atoms with van der Waals surface area (Å²) >= 11 is 5.82. The Morgan fingerprint density at radius 2 is 1.71 bits per heavy atom. The molecule has 1 fully saturated rings. The van der Waals surface area contributed by atoms with Crippen molar-refractivity contribution in [1.29, 1.82) is 0 Å². The average Bonchev–Trinajstić information content (AvgIpc) is 2.72. The molecule has 6 nitrogen and oxygen atoms in total. The number of carbonyl (C=O) groups is 1. The molecular weight excluding hydrogens is 350 g/mol. The van der Waals surface area contributed by atoms with E-state index in [-0.39, 0.29) is 23.0 Å². The van der Waals surface area contributed by atoms with Gasteiger partial charge in [-0.25, -0.2) is 13.2 Å². The van der Waals surface area contributed by atoms with Crippen LogP contribution < -0.4 is 5.32 Å². The number of sulfonamides is 1. The molecule has 134 valence electrons. The molecule has 1 aliphatic heterocycles. The number of carbonyl (C=O) groups excluding carboxylic acids is 1. The highest BCUT2D eigenvalue weighted by Gasteiger charge is 2.29. The molecule has 0 unspecified atom stereocenters. The Bertz CT molecular complexity index is 684. The monoisotopic (exact) mass is 373 g/mol. The van der Waals surface area contributed by atoms with E-state index >= 15 is 0 Å². The molecule has 1 aliphatic rings. The molecule has 0 radical (unpaired) electrons. The fourth-order valence-electron chi connectivity index (χ4n) is 2.49. The molecular formula is C16H24ClN3O3S. The van der Waals surface area contributed by atoms with Crippen LogP contribution in [0.5, 0.6) is 0 Å². The second-order valence-electron chi connectivity index (χ2n) is 6.88. The lowest BCUT2D eigenvalue weighted by atomic mass is 10.1. The van der Waals surface area contributed by atoms with Crippen LogP contribution in [0.15, 0.2) is 29.2 Å². The molecule has 2 rings (SSSR count). The lowest BCUT2D eigenvalue weighted by Gasteiger charge is -2.27. The lowest BCUT2D eigenvalue weighted by Crippen LogP contribution is -2.49. The van der Waals surface area contributed by atoms with Gasteiger partial charge in [0.05, 0.1) is 4.90 Å². The summed E-state index contributed by atoms with van der Waals surface area (Å²) in [6.07, 6.45) is 0.602. The highest BCUT2D eigenvalue weighted by Crippen LogP contribution is 2.20. The molecule has 0 atom stereocenters. The molecule has 1 N–H and O–H groups in total. The summed E-state index contributed by atoms with van der Waals surface area (Å²) in [7, 11) is -3.57. The highest BCUT2D eigenvalue weighted by molar-refractivity contribution is 7.89. The Balaban J connectivity index is 2.07. The number of rotatable bonds is 2. The molecule has 0 saturated carbocycles. The number of benzene rings is 1. The lowest BCUT2D eigenvalue weighted by molar-refractivity contribution is 0.191. The van der Waals surface area contributed by atoms with Crippen molar-refractivity contribution in [2.45, 2.75) is 37.6 Å². The first-order valence-corrected chi connectivity index (χ1v) is 9.74. The van der Waals surface area contributed by atoms with E-state index in [2.05, 4.69) is 5.32 Å².